The zero-order chi connectivity index (χ0) is 23.5. The molecule has 0 aromatic heterocycles. The molecule has 0 spiro atoms. The van der Waals surface area contributed by atoms with Gasteiger partial charge in [-0.25, -0.2) is 9.69 Å². The van der Waals surface area contributed by atoms with Crippen molar-refractivity contribution in [3.63, 3.8) is 0 Å². The maximum absolute atomic E-state index is 12.9. The minimum Gasteiger partial charge on any atom is -0.324 e. The van der Waals surface area contributed by atoms with Gasteiger partial charge in [0.2, 0.25) is 5.91 Å². The lowest BCUT2D eigenvalue weighted by Gasteiger charge is -2.34. The monoisotopic (exact) mass is 447 g/mol. The van der Waals surface area contributed by atoms with Crippen LogP contribution in [-0.4, -0.2) is 51.9 Å². The number of nitrogens with zero attached hydrogens (tertiary/aromatic N) is 2. The van der Waals surface area contributed by atoms with Crippen LogP contribution in [0.5, 0.6) is 0 Å². The molecular weight excluding hydrogens is 422 g/mol. The Labute approximate surface area is 191 Å². The van der Waals surface area contributed by atoms with Gasteiger partial charge in [0.15, 0.2) is 5.78 Å². The van der Waals surface area contributed by atoms with Crippen LogP contribution in [0.4, 0.5) is 10.5 Å². The second-order valence-electron chi connectivity index (χ2n) is 8.47. The highest BCUT2D eigenvalue weighted by atomic mass is 16.2. The molecule has 0 radical (unpaired) electrons. The van der Waals surface area contributed by atoms with Gasteiger partial charge in [-0.3, -0.25) is 24.1 Å². The van der Waals surface area contributed by atoms with E-state index in [0.717, 1.165) is 24.2 Å². The number of ketones is 1. The van der Waals surface area contributed by atoms with Crippen LogP contribution in [0.1, 0.15) is 48.5 Å². The predicted octanol–water partition coefficient (Wildman–Crippen LogP) is 3.23. The first-order valence-corrected chi connectivity index (χ1v) is 11.1. The standard InChI is InChI=1S/C25H25N3O5/c1-16-9-5-8-14-20(16)28-24(32)23(31)27(25(28)33)15-21(29)26-19-13-7-6-12-18(19)22(30)17-10-3-2-4-11-17/h2-4,6-7,10-13,16,20H,5,8-9,14-15H2,1H3,(H,26,29)/t16-,20-/m1/s1. The van der Waals surface area contributed by atoms with Gasteiger partial charge in [-0.1, -0.05) is 62.2 Å². The van der Waals surface area contributed by atoms with E-state index >= 15 is 0 Å². The number of rotatable bonds is 6. The number of carbonyl (C=O) groups excluding carboxylic acids is 5. The summed E-state index contributed by atoms with van der Waals surface area (Å²) in [5, 5.41) is 2.61. The topological polar surface area (TPSA) is 104 Å². The van der Waals surface area contributed by atoms with Crippen molar-refractivity contribution in [2.45, 2.75) is 38.6 Å². The van der Waals surface area contributed by atoms with Crippen LogP contribution in [0.2, 0.25) is 0 Å². The van der Waals surface area contributed by atoms with Crippen molar-refractivity contribution < 1.29 is 24.0 Å². The first kappa shape index (κ1) is 22.4. The highest BCUT2D eigenvalue weighted by Crippen LogP contribution is 2.31. The molecule has 2 aliphatic rings. The van der Waals surface area contributed by atoms with Crippen molar-refractivity contribution in [3.8, 4) is 0 Å². The van der Waals surface area contributed by atoms with Crippen molar-refractivity contribution in [1.82, 2.24) is 9.80 Å². The minimum absolute atomic E-state index is 0.101. The van der Waals surface area contributed by atoms with Crippen LogP contribution < -0.4 is 5.32 Å². The second-order valence-corrected chi connectivity index (χ2v) is 8.47. The number of amides is 5. The van der Waals surface area contributed by atoms with Crippen LogP contribution in [0, 0.1) is 5.92 Å². The summed E-state index contributed by atoms with van der Waals surface area (Å²) in [5.41, 5.74) is 1.01. The molecule has 1 aliphatic heterocycles. The van der Waals surface area contributed by atoms with Gasteiger partial charge < -0.3 is 5.32 Å². The molecule has 170 valence electrons. The van der Waals surface area contributed by atoms with Crippen LogP contribution in [0.25, 0.3) is 0 Å². The molecule has 8 nitrogen and oxygen atoms in total. The van der Waals surface area contributed by atoms with Gasteiger partial charge in [0.25, 0.3) is 0 Å². The summed E-state index contributed by atoms with van der Waals surface area (Å²) in [6.45, 7) is 1.36. The van der Waals surface area contributed by atoms with Crippen molar-refractivity contribution in [3.05, 3.63) is 65.7 Å². The fourth-order valence-electron chi connectivity index (χ4n) is 4.50. The largest absolute Gasteiger partial charge is 0.334 e. The van der Waals surface area contributed by atoms with E-state index in [1.807, 2.05) is 6.92 Å². The molecule has 33 heavy (non-hydrogen) atoms. The number of nitrogens with one attached hydrogen (secondary N) is 1. The van der Waals surface area contributed by atoms with Crippen LogP contribution >= 0.6 is 0 Å². The number of carbonyl (C=O) groups is 5. The lowest BCUT2D eigenvalue weighted by Crippen LogP contribution is -2.46. The van der Waals surface area contributed by atoms with E-state index < -0.39 is 30.3 Å². The molecule has 1 saturated heterocycles. The Balaban J connectivity index is 1.48. The number of anilines is 1. The van der Waals surface area contributed by atoms with E-state index in [1.165, 1.54) is 0 Å². The molecule has 5 amide bonds. The second kappa shape index (κ2) is 9.36. The van der Waals surface area contributed by atoms with Crippen LogP contribution in [0.3, 0.4) is 0 Å². The van der Waals surface area contributed by atoms with Crippen LogP contribution in [0.15, 0.2) is 54.6 Å². The van der Waals surface area contributed by atoms with Gasteiger partial charge in [-0.2, -0.15) is 0 Å². The number of hydrogen-bond donors (Lipinski definition) is 1. The number of hydrogen-bond acceptors (Lipinski definition) is 5. The average molecular weight is 447 g/mol. The van der Waals surface area contributed by atoms with E-state index in [-0.39, 0.29) is 29.0 Å². The van der Waals surface area contributed by atoms with E-state index in [4.69, 9.17) is 0 Å². The minimum atomic E-state index is -0.999. The number of benzene rings is 2. The third-order valence-electron chi connectivity index (χ3n) is 6.27. The van der Waals surface area contributed by atoms with Gasteiger partial charge in [-0.05, 0) is 30.9 Å². The van der Waals surface area contributed by atoms with Gasteiger partial charge in [0, 0.05) is 17.2 Å². The Kier molecular flexibility index (Phi) is 6.35. The molecule has 0 bridgehead atoms. The summed E-state index contributed by atoms with van der Waals surface area (Å²) in [4.78, 5) is 65.2. The van der Waals surface area contributed by atoms with Gasteiger partial charge in [0.1, 0.15) is 6.54 Å². The summed E-state index contributed by atoms with van der Waals surface area (Å²) in [5.74, 6) is -2.72. The molecule has 1 aliphatic carbocycles. The molecule has 2 aromatic carbocycles. The summed E-state index contributed by atoms with van der Waals surface area (Å²) >= 11 is 0. The summed E-state index contributed by atoms with van der Waals surface area (Å²) in [6.07, 6.45) is 3.44. The zero-order valence-corrected chi connectivity index (χ0v) is 18.3. The van der Waals surface area contributed by atoms with Gasteiger partial charge in [0.05, 0.1) is 5.69 Å². The number of urea groups is 1. The normalized spacial score (nSPS) is 20.8. The van der Waals surface area contributed by atoms with E-state index in [0.29, 0.717) is 16.9 Å². The molecule has 1 saturated carbocycles. The quantitative estimate of drug-likeness (QED) is 0.416. The Morgan fingerprint density at radius 2 is 1.58 bits per heavy atom. The summed E-state index contributed by atoms with van der Waals surface area (Å²) in [7, 11) is 0. The molecule has 1 heterocycles. The third kappa shape index (κ3) is 4.41. The molecule has 1 N–H and O–H groups in total. The van der Waals surface area contributed by atoms with Gasteiger partial charge >= 0.3 is 17.8 Å². The average Bonchev–Trinajstić information content (AvgIpc) is 3.03. The van der Waals surface area contributed by atoms with Crippen molar-refractivity contribution in [2.75, 3.05) is 11.9 Å². The molecule has 0 unspecified atom stereocenters. The fraction of sp³-hybridized carbons (Fsp3) is 0.320. The van der Waals surface area contributed by atoms with Crippen molar-refractivity contribution in [2.24, 2.45) is 5.92 Å². The third-order valence-corrected chi connectivity index (χ3v) is 6.27. The van der Waals surface area contributed by atoms with Crippen LogP contribution in [-0.2, 0) is 14.4 Å². The maximum Gasteiger partial charge on any atom is 0.334 e. The lowest BCUT2D eigenvalue weighted by molar-refractivity contribution is -0.145. The Morgan fingerprint density at radius 3 is 2.30 bits per heavy atom. The maximum atomic E-state index is 12.9. The highest BCUT2D eigenvalue weighted by Gasteiger charge is 2.49. The first-order valence-electron chi connectivity index (χ1n) is 11.1. The highest BCUT2D eigenvalue weighted by molar-refractivity contribution is 6.45. The zero-order valence-electron chi connectivity index (χ0n) is 18.3. The first-order chi connectivity index (χ1) is 15.9. The molecule has 8 heteroatoms. The summed E-state index contributed by atoms with van der Waals surface area (Å²) < 4.78 is 0. The van der Waals surface area contributed by atoms with E-state index in [1.54, 1.807) is 54.6 Å². The molecular formula is C25H25N3O5. The predicted molar refractivity (Wildman–Crippen MR) is 120 cm³/mol. The van der Waals surface area contributed by atoms with Crippen molar-refractivity contribution in [1.29, 1.82) is 0 Å². The van der Waals surface area contributed by atoms with E-state index in [9.17, 15) is 24.0 Å². The summed E-state index contributed by atoms with van der Waals surface area (Å²) in [6, 6.07) is 14.1. The molecule has 4 rings (SSSR count). The number of imide groups is 2. The molecule has 2 atom stereocenters. The lowest BCUT2D eigenvalue weighted by atomic mass is 9.85. The molecule has 2 fully saturated rings. The fourth-order valence-corrected chi connectivity index (χ4v) is 4.50. The van der Waals surface area contributed by atoms with Crippen molar-refractivity contribution >= 4 is 35.2 Å². The Hall–Kier alpha value is -3.81. The smallest absolute Gasteiger partial charge is 0.324 e. The van der Waals surface area contributed by atoms with Gasteiger partial charge in [-0.15, -0.1) is 0 Å². The SMILES string of the molecule is C[C@@H]1CCCC[C@H]1N1C(=O)C(=O)N(CC(=O)Nc2ccccc2C(=O)c2ccccc2)C1=O. The van der Waals surface area contributed by atoms with E-state index in [2.05, 4.69) is 5.32 Å². The Morgan fingerprint density at radius 1 is 0.909 bits per heavy atom. The number of para-hydroxylation sites is 1. The Bertz CT molecular complexity index is 1110. The molecule has 2 aromatic rings.